The van der Waals surface area contributed by atoms with Crippen LogP contribution >= 0.6 is 0 Å². The first kappa shape index (κ1) is 26.8. The second-order valence-electron chi connectivity index (χ2n) is 11.1. The van der Waals surface area contributed by atoms with Crippen molar-refractivity contribution in [2.75, 3.05) is 24.2 Å². The van der Waals surface area contributed by atoms with Crippen molar-refractivity contribution in [1.82, 2.24) is 9.80 Å². The van der Waals surface area contributed by atoms with Gasteiger partial charge in [-0.05, 0) is 47.7 Å². The maximum absolute atomic E-state index is 14.0. The monoisotopic (exact) mass is 519 g/mol. The van der Waals surface area contributed by atoms with Gasteiger partial charge in [-0.3, -0.25) is 19.2 Å². The van der Waals surface area contributed by atoms with Gasteiger partial charge in [-0.2, -0.15) is 5.26 Å². The molecule has 4 rings (SSSR count). The lowest BCUT2D eigenvalue weighted by atomic mass is 9.80. The number of benzene rings is 2. The molecule has 0 aliphatic carbocycles. The number of nitriles is 1. The standard InChI is InChI=1S/C28H30FN5O4/c1-27(2,3)14-22(33(4)25(37)23(35)31-18-11-9-17(29)10-12-18)24(36)34-16-28(13-19(34)15-30)20-7-5-6-8-21(20)32-26(28)38/h5-12,19,22H,13-14,16H2,1-4H3,(H,31,35)(H,32,38)/t19-,22-,28-/m0/s1. The molecule has 2 heterocycles. The van der Waals surface area contributed by atoms with Gasteiger partial charge in [0.1, 0.15) is 17.9 Å². The Balaban J connectivity index is 1.61. The molecule has 1 fully saturated rings. The molecule has 2 N–H and O–H groups in total. The number of anilines is 2. The van der Waals surface area contributed by atoms with Crippen LogP contribution in [0.5, 0.6) is 0 Å². The first-order valence-corrected chi connectivity index (χ1v) is 12.3. The zero-order valence-electron chi connectivity index (χ0n) is 21.7. The van der Waals surface area contributed by atoms with Gasteiger partial charge in [0.2, 0.25) is 11.8 Å². The number of carbonyl (C=O) groups is 4. The Labute approximate surface area is 220 Å². The van der Waals surface area contributed by atoms with E-state index in [2.05, 4.69) is 16.7 Å². The van der Waals surface area contributed by atoms with E-state index < -0.39 is 46.5 Å². The Hall–Kier alpha value is -4.26. The molecule has 4 amide bonds. The number of carbonyl (C=O) groups excluding carboxylic acids is 4. The van der Waals surface area contributed by atoms with Crippen molar-refractivity contribution in [3.8, 4) is 6.07 Å². The molecule has 0 bridgehead atoms. The Morgan fingerprint density at radius 2 is 1.87 bits per heavy atom. The highest BCUT2D eigenvalue weighted by Gasteiger charge is 2.57. The highest BCUT2D eigenvalue weighted by atomic mass is 19.1. The van der Waals surface area contributed by atoms with Crippen molar-refractivity contribution in [3.63, 3.8) is 0 Å². The van der Waals surface area contributed by atoms with Crippen LogP contribution in [0.1, 0.15) is 39.2 Å². The van der Waals surface area contributed by atoms with Crippen LogP contribution in [-0.2, 0) is 24.6 Å². The van der Waals surface area contributed by atoms with E-state index in [0.717, 1.165) is 22.6 Å². The minimum atomic E-state index is -1.07. The molecule has 198 valence electrons. The van der Waals surface area contributed by atoms with Gasteiger partial charge in [0.05, 0.1) is 11.5 Å². The van der Waals surface area contributed by atoms with Crippen molar-refractivity contribution in [2.24, 2.45) is 5.41 Å². The van der Waals surface area contributed by atoms with Crippen molar-refractivity contribution in [3.05, 3.63) is 59.9 Å². The summed E-state index contributed by atoms with van der Waals surface area (Å²) in [5.74, 6) is -3.21. The smallest absolute Gasteiger partial charge is 0.313 e. The third-order valence-corrected chi connectivity index (χ3v) is 7.09. The van der Waals surface area contributed by atoms with E-state index >= 15 is 0 Å². The average Bonchev–Trinajstić information content (AvgIpc) is 3.40. The molecule has 1 spiro atoms. The number of para-hydroxylation sites is 1. The molecule has 0 radical (unpaired) electrons. The third kappa shape index (κ3) is 4.96. The normalized spacial score (nSPS) is 20.9. The highest BCUT2D eigenvalue weighted by molar-refractivity contribution is 6.39. The van der Waals surface area contributed by atoms with Crippen LogP contribution in [0.2, 0.25) is 0 Å². The number of nitrogens with zero attached hydrogens (tertiary/aromatic N) is 3. The number of likely N-dealkylation sites (N-methyl/N-ethyl adjacent to an activating group) is 1. The molecule has 3 atom stereocenters. The molecule has 2 aliphatic heterocycles. The van der Waals surface area contributed by atoms with E-state index in [1.165, 1.54) is 24.1 Å². The van der Waals surface area contributed by atoms with E-state index in [4.69, 9.17) is 0 Å². The molecule has 0 saturated carbocycles. The van der Waals surface area contributed by atoms with Crippen molar-refractivity contribution < 1.29 is 23.6 Å². The Morgan fingerprint density at radius 1 is 1.21 bits per heavy atom. The number of rotatable bonds is 4. The quantitative estimate of drug-likeness (QED) is 0.602. The number of amides is 4. The van der Waals surface area contributed by atoms with Crippen LogP contribution in [0.4, 0.5) is 15.8 Å². The van der Waals surface area contributed by atoms with Crippen LogP contribution in [0.3, 0.4) is 0 Å². The van der Waals surface area contributed by atoms with E-state index in [-0.39, 0.29) is 31.0 Å². The molecule has 2 aliphatic rings. The molecule has 2 aromatic carbocycles. The summed E-state index contributed by atoms with van der Waals surface area (Å²) in [6, 6.07) is 12.4. The summed E-state index contributed by atoms with van der Waals surface area (Å²) < 4.78 is 13.2. The number of hydrogen-bond acceptors (Lipinski definition) is 5. The third-order valence-electron chi connectivity index (χ3n) is 7.09. The van der Waals surface area contributed by atoms with Crippen LogP contribution < -0.4 is 10.6 Å². The summed E-state index contributed by atoms with van der Waals surface area (Å²) in [6.45, 7) is 5.69. The molecule has 9 nitrogen and oxygen atoms in total. The molecule has 1 saturated heterocycles. The van der Waals surface area contributed by atoms with Crippen LogP contribution in [-0.4, -0.2) is 59.1 Å². The summed E-state index contributed by atoms with van der Waals surface area (Å²) in [6.07, 6.45) is 0.339. The van der Waals surface area contributed by atoms with E-state index in [1.807, 2.05) is 26.8 Å². The fourth-order valence-corrected chi connectivity index (χ4v) is 5.17. The van der Waals surface area contributed by atoms with Crippen LogP contribution in [0.15, 0.2) is 48.5 Å². The highest BCUT2D eigenvalue weighted by Crippen LogP contribution is 2.46. The molecule has 10 heteroatoms. The minimum Gasteiger partial charge on any atom is -0.325 e. The zero-order chi connectivity index (χ0) is 27.8. The summed E-state index contributed by atoms with van der Waals surface area (Å²) in [5.41, 5.74) is 0.130. The van der Waals surface area contributed by atoms with Crippen molar-refractivity contribution in [2.45, 2.75) is 51.1 Å². The predicted molar refractivity (Wildman–Crippen MR) is 138 cm³/mol. The molecule has 0 unspecified atom stereocenters. The lowest BCUT2D eigenvalue weighted by molar-refractivity contribution is -0.150. The van der Waals surface area contributed by atoms with Crippen LogP contribution in [0.25, 0.3) is 0 Å². The molecular weight excluding hydrogens is 489 g/mol. The topological polar surface area (TPSA) is 123 Å². The van der Waals surface area contributed by atoms with Gasteiger partial charge in [-0.1, -0.05) is 39.0 Å². The lowest BCUT2D eigenvalue weighted by Crippen LogP contribution is -2.54. The fourth-order valence-electron chi connectivity index (χ4n) is 5.17. The fraction of sp³-hybridized carbons (Fsp3) is 0.393. The molecule has 38 heavy (non-hydrogen) atoms. The first-order valence-electron chi connectivity index (χ1n) is 12.3. The molecule has 2 aromatic rings. The number of halogens is 1. The van der Waals surface area contributed by atoms with Gasteiger partial charge in [0.25, 0.3) is 0 Å². The second kappa shape index (κ2) is 9.89. The van der Waals surface area contributed by atoms with Gasteiger partial charge >= 0.3 is 11.8 Å². The Morgan fingerprint density at radius 3 is 2.50 bits per heavy atom. The Kier molecular flexibility index (Phi) is 6.98. The van der Waals surface area contributed by atoms with Gasteiger partial charge < -0.3 is 20.4 Å². The summed E-state index contributed by atoms with van der Waals surface area (Å²) in [7, 11) is 1.37. The average molecular weight is 520 g/mol. The first-order chi connectivity index (χ1) is 17.9. The maximum Gasteiger partial charge on any atom is 0.313 e. The SMILES string of the molecule is CN(C(=O)C(=O)Nc1ccc(F)cc1)[C@@H](CC(C)(C)C)C(=O)N1C[C@]2(C[C@H]1C#N)C(=O)Nc1ccccc12. The minimum absolute atomic E-state index is 0.0165. The van der Waals surface area contributed by atoms with Gasteiger partial charge in [-0.15, -0.1) is 0 Å². The van der Waals surface area contributed by atoms with E-state index in [1.54, 1.807) is 18.2 Å². The lowest BCUT2D eigenvalue weighted by Gasteiger charge is -2.35. The summed E-state index contributed by atoms with van der Waals surface area (Å²) in [5, 5.41) is 15.2. The second-order valence-corrected chi connectivity index (χ2v) is 11.1. The largest absolute Gasteiger partial charge is 0.325 e. The van der Waals surface area contributed by atoms with E-state index in [0.29, 0.717) is 5.69 Å². The number of nitrogens with one attached hydrogen (secondary N) is 2. The predicted octanol–water partition coefficient (Wildman–Crippen LogP) is 3.04. The van der Waals surface area contributed by atoms with Crippen molar-refractivity contribution in [1.29, 1.82) is 5.26 Å². The van der Waals surface area contributed by atoms with Crippen molar-refractivity contribution >= 4 is 35.0 Å². The van der Waals surface area contributed by atoms with Gasteiger partial charge in [0, 0.05) is 31.4 Å². The zero-order valence-corrected chi connectivity index (χ0v) is 21.7. The number of fused-ring (bicyclic) bond motifs is 2. The van der Waals surface area contributed by atoms with Gasteiger partial charge in [0.15, 0.2) is 0 Å². The summed E-state index contributed by atoms with van der Waals surface area (Å²) >= 11 is 0. The summed E-state index contributed by atoms with van der Waals surface area (Å²) in [4.78, 5) is 55.4. The van der Waals surface area contributed by atoms with E-state index in [9.17, 15) is 28.8 Å². The molecular formula is C28H30FN5O4. The molecule has 0 aromatic heterocycles. The number of likely N-dealkylation sites (tertiary alicyclic amines) is 1. The Bertz CT molecular complexity index is 1330. The number of hydrogen-bond donors (Lipinski definition) is 2. The maximum atomic E-state index is 14.0. The van der Waals surface area contributed by atoms with Crippen LogP contribution in [0, 0.1) is 22.6 Å². The van der Waals surface area contributed by atoms with Gasteiger partial charge in [-0.25, -0.2) is 4.39 Å².